The standard InChI is InChI=1S/C29H31N3O4/c1-3-17-32-25(26(32)29(35)36-4-2)28(34)31-24(18-20-11-6-5-7-12-20)27(33)30-19-22-15-10-14-21-13-8-9-16-23(21)22/h3,5-16,24-26H,1,4,17-19H2,2H3,(H,30,33)(H,31,34)/t24-,25-,26-,32?/m0/s1. The maximum absolute atomic E-state index is 13.3. The van der Waals surface area contributed by atoms with Gasteiger partial charge in [0.25, 0.3) is 0 Å². The van der Waals surface area contributed by atoms with Crippen molar-refractivity contribution < 1.29 is 19.1 Å². The lowest BCUT2D eigenvalue weighted by atomic mass is 10.0. The Morgan fingerprint density at radius 2 is 1.72 bits per heavy atom. The second kappa shape index (κ2) is 11.6. The lowest BCUT2D eigenvalue weighted by molar-refractivity contribution is -0.143. The molecule has 0 bridgehead atoms. The van der Waals surface area contributed by atoms with E-state index in [1.807, 2.05) is 72.8 Å². The Bertz CT molecular complexity index is 1240. The second-order valence-corrected chi connectivity index (χ2v) is 8.73. The van der Waals surface area contributed by atoms with Crippen molar-refractivity contribution >= 4 is 28.6 Å². The molecule has 1 heterocycles. The van der Waals surface area contributed by atoms with Crippen LogP contribution in [0.4, 0.5) is 0 Å². The Balaban J connectivity index is 1.48. The van der Waals surface area contributed by atoms with Crippen molar-refractivity contribution in [2.45, 2.75) is 38.0 Å². The van der Waals surface area contributed by atoms with Crippen LogP contribution in [0.2, 0.25) is 0 Å². The number of benzene rings is 3. The number of esters is 1. The van der Waals surface area contributed by atoms with E-state index in [-0.39, 0.29) is 18.4 Å². The van der Waals surface area contributed by atoms with Gasteiger partial charge >= 0.3 is 5.97 Å². The molecule has 7 nitrogen and oxygen atoms in total. The summed E-state index contributed by atoms with van der Waals surface area (Å²) in [5.41, 5.74) is 1.91. The number of rotatable bonds is 11. The van der Waals surface area contributed by atoms with Gasteiger partial charge in [0.15, 0.2) is 0 Å². The minimum atomic E-state index is -0.802. The van der Waals surface area contributed by atoms with Crippen molar-refractivity contribution in [2.24, 2.45) is 0 Å². The van der Waals surface area contributed by atoms with Gasteiger partial charge in [-0.3, -0.25) is 19.3 Å². The lowest BCUT2D eigenvalue weighted by Gasteiger charge is -2.19. The lowest BCUT2D eigenvalue weighted by Crippen LogP contribution is -2.49. The molecule has 2 amide bonds. The van der Waals surface area contributed by atoms with Crippen molar-refractivity contribution in [3.8, 4) is 0 Å². The highest BCUT2D eigenvalue weighted by atomic mass is 16.5. The normalized spacial score (nSPS) is 19.2. The fourth-order valence-corrected chi connectivity index (χ4v) is 4.51. The zero-order valence-corrected chi connectivity index (χ0v) is 20.4. The number of carbonyl (C=O) groups excluding carboxylic acids is 3. The van der Waals surface area contributed by atoms with Crippen molar-refractivity contribution in [3.63, 3.8) is 0 Å². The number of amides is 2. The van der Waals surface area contributed by atoms with Crippen molar-refractivity contribution in [3.05, 3.63) is 96.6 Å². The van der Waals surface area contributed by atoms with Gasteiger partial charge in [-0.1, -0.05) is 78.9 Å². The summed E-state index contributed by atoms with van der Waals surface area (Å²) in [6.45, 7) is 6.37. The zero-order chi connectivity index (χ0) is 25.5. The molecule has 1 fully saturated rings. The average Bonchev–Trinajstić information content (AvgIpc) is 3.62. The predicted octanol–water partition coefficient (Wildman–Crippen LogP) is 2.99. The number of hydrogen-bond donors (Lipinski definition) is 2. The van der Waals surface area contributed by atoms with Crippen LogP contribution < -0.4 is 10.6 Å². The number of hydrogen-bond acceptors (Lipinski definition) is 5. The molecule has 2 N–H and O–H groups in total. The molecule has 1 unspecified atom stereocenters. The first-order valence-corrected chi connectivity index (χ1v) is 12.2. The van der Waals surface area contributed by atoms with E-state index in [0.717, 1.165) is 21.9 Å². The summed E-state index contributed by atoms with van der Waals surface area (Å²) in [7, 11) is 0. The summed E-state index contributed by atoms with van der Waals surface area (Å²) in [6, 6.07) is 21.3. The van der Waals surface area contributed by atoms with E-state index >= 15 is 0 Å². The molecule has 0 radical (unpaired) electrons. The molecule has 0 aromatic heterocycles. The molecule has 7 heteroatoms. The Morgan fingerprint density at radius 3 is 2.47 bits per heavy atom. The van der Waals surface area contributed by atoms with E-state index in [4.69, 9.17) is 4.74 Å². The third-order valence-corrected chi connectivity index (χ3v) is 6.31. The quantitative estimate of drug-likeness (QED) is 0.248. The average molecular weight is 486 g/mol. The summed E-state index contributed by atoms with van der Waals surface area (Å²) >= 11 is 0. The Morgan fingerprint density at radius 1 is 1.00 bits per heavy atom. The number of carbonyl (C=O) groups is 3. The second-order valence-electron chi connectivity index (χ2n) is 8.73. The first-order chi connectivity index (χ1) is 17.5. The maximum Gasteiger partial charge on any atom is 0.325 e. The molecule has 0 aliphatic carbocycles. The van der Waals surface area contributed by atoms with Crippen LogP contribution in [0.25, 0.3) is 10.8 Å². The van der Waals surface area contributed by atoms with Gasteiger partial charge in [0.2, 0.25) is 11.8 Å². The van der Waals surface area contributed by atoms with Crippen LogP contribution in [0.5, 0.6) is 0 Å². The van der Waals surface area contributed by atoms with E-state index in [1.165, 1.54) is 0 Å². The molecule has 3 aromatic carbocycles. The van der Waals surface area contributed by atoms with Crippen LogP contribution in [0.1, 0.15) is 18.1 Å². The monoisotopic (exact) mass is 485 g/mol. The van der Waals surface area contributed by atoms with Crippen molar-refractivity contribution in [1.82, 2.24) is 15.5 Å². The summed E-state index contributed by atoms with van der Waals surface area (Å²) in [6.07, 6.45) is 1.96. The van der Waals surface area contributed by atoms with Crippen molar-refractivity contribution in [2.75, 3.05) is 13.2 Å². The first-order valence-electron chi connectivity index (χ1n) is 12.2. The van der Waals surface area contributed by atoms with E-state index in [9.17, 15) is 14.4 Å². The maximum atomic E-state index is 13.3. The number of ether oxygens (including phenoxy) is 1. The molecule has 4 rings (SSSR count). The number of fused-ring (bicyclic) bond motifs is 1. The third-order valence-electron chi connectivity index (χ3n) is 6.31. The highest BCUT2D eigenvalue weighted by Gasteiger charge is 2.57. The van der Waals surface area contributed by atoms with Crippen LogP contribution >= 0.6 is 0 Å². The topological polar surface area (TPSA) is 87.5 Å². The van der Waals surface area contributed by atoms with Gasteiger partial charge in [0.1, 0.15) is 18.1 Å². The van der Waals surface area contributed by atoms with Crippen LogP contribution in [-0.4, -0.2) is 54.0 Å². The van der Waals surface area contributed by atoms with E-state index in [2.05, 4.69) is 17.2 Å². The highest BCUT2D eigenvalue weighted by molar-refractivity contribution is 5.98. The minimum Gasteiger partial charge on any atom is -0.465 e. The number of nitrogens with one attached hydrogen (secondary N) is 2. The minimum absolute atomic E-state index is 0.235. The van der Waals surface area contributed by atoms with Gasteiger partial charge in [0, 0.05) is 19.5 Å². The fourth-order valence-electron chi connectivity index (χ4n) is 4.51. The molecule has 186 valence electrons. The molecule has 0 saturated carbocycles. The highest BCUT2D eigenvalue weighted by Crippen LogP contribution is 2.29. The summed E-state index contributed by atoms with van der Waals surface area (Å²) in [4.78, 5) is 40.5. The smallest absolute Gasteiger partial charge is 0.325 e. The Labute approximate surface area is 211 Å². The summed E-state index contributed by atoms with van der Waals surface area (Å²) in [5.74, 6) is -1.11. The number of nitrogens with zero attached hydrogens (tertiary/aromatic N) is 1. The molecule has 36 heavy (non-hydrogen) atoms. The molecule has 3 aromatic rings. The zero-order valence-electron chi connectivity index (χ0n) is 20.4. The molecule has 4 atom stereocenters. The van der Waals surface area contributed by atoms with Gasteiger partial charge < -0.3 is 15.4 Å². The first kappa shape index (κ1) is 25.1. The van der Waals surface area contributed by atoms with Crippen LogP contribution in [0.3, 0.4) is 0 Å². The molecule has 1 aliphatic heterocycles. The molecule has 1 saturated heterocycles. The van der Waals surface area contributed by atoms with Crippen molar-refractivity contribution in [1.29, 1.82) is 0 Å². The van der Waals surface area contributed by atoms with Gasteiger partial charge in [-0.15, -0.1) is 6.58 Å². The Hall–Kier alpha value is -3.97. The van der Waals surface area contributed by atoms with Gasteiger partial charge in [0.05, 0.1) is 6.61 Å². The van der Waals surface area contributed by atoms with E-state index < -0.39 is 24.1 Å². The van der Waals surface area contributed by atoms with Crippen LogP contribution in [-0.2, 0) is 32.1 Å². The molecule has 0 spiro atoms. The van der Waals surface area contributed by atoms with E-state index in [0.29, 0.717) is 19.5 Å². The van der Waals surface area contributed by atoms with Crippen LogP contribution in [0.15, 0.2) is 85.5 Å². The predicted molar refractivity (Wildman–Crippen MR) is 139 cm³/mol. The van der Waals surface area contributed by atoms with Gasteiger partial charge in [-0.25, -0.2) is 0 Å². The van der Waals surface area contributed by atoms with Gasteiger partial charge in [-0.2, -0.15) is 0 Å². The fraction of sp³-hybridized carbons (Fsp3) is 0.276. The SMILES string of the molecule is C=CCN1[C@H](C(=O)N[C@@H](Cc2ccccc2)C(=O)NCc2cccc3ccccc23)[C@H]1C(=O)OCC. The summed E-state index contributed by atoms with van der Waals surface area (Å²) < 4.78 is 5.12. The Kier molecular flexibility index (Phi) is 8.13. The van der Waals surface area contributed by atoms with E-state index in [1.54, 1.807) is 17.9 Å². The third kappa shape index (κ3) is 5.80. The molecule has 1 aliphatic rings. The summed E-state index contributed by atoms with van der Waals surface area (Å²) in [5, 5.41) is 8.04. The largest absolute Gasteiger partial charge is 0.465 e. The molecular formula is C29H31N3O4. The van der Waals surface area contributed by atoms with Crippen LogP contribution in [0, 0.1) is 0 Å². The van der Waals surface area contributed by atoms with Gasteiger partial charge in [-0.05, 0) is 28.8 Å². The molecular weight excluding hydrogens is 454 g/mol.